The van der Waals surface area contributed by atoms with E-state index >= 15 is 0 Å². The highest BCUT2D eigenvalue weighted by Gasteiger charge is 2.30. The molecular weight excluding hydrogens is 316 g/mol. The highest BCUT2D eigenvalue weighted by atomic mass is 16.4. The summed E-state index contributed by atoms with van der Waals surface area (Å²) < 4.78 is 5.73. The summed E-state index contributed by atoms with van der Waals surface area (Å²) in [6, 6.07) is 10.2. The second kappa shape index (κ2) is 7.35. The molecule has 25 heavy (non-hydrogen) atoms. The third kappa shape index (κ3) is 4.25. The van der Waals surface area contributed by atoms with Crippen LogP contribution in [0.25, 0.3) is 0 Å². The van der Waals surface area contributed by atoms with E-state index in [1.807, 2.05) is 23.1 Å². The van der Waals surface area contributed by atoms with E-state index in [2.05, 4.69) is 27.2 Å². The molecule has 1 saturated heterocycles. The summed E-state index contributed by atoms with van der Waals surface area (Å²) >= 11 is 0. The van der Waals surface area contributed by atoms with Gasteiger partial charge in [-0.05, 0) is 24.8 Å². The molecule has 1 amide bonds. The SMILES string of the molecule is O=C(CCc1ccccc1)N1CCN(Cc2nnc(C3CC3)o2)CC1. The third-order valence-electron chi connectivity index (χ3n) is 4.96. The molecule has 0 bridgehead atoms. The van der Waals surface area contributed by atoms with E-state index in [1.165, 1.54) is 18.4 Å². The van der Waals surface area contributed by atoms with Crippen LogP contribution in [0.5, 0.6) is 0 Å². The zero-order valence-corrected chi connectivity index (χ0v) is 14.4. The standard InChI is InChI=1S/C19H24N4O2/c24-18(9-6-15-4-2-1-3-5-15)23-12-10-22(11-13-23)14-17-20-21-19(25-17)16-7-8-16/h1-5,16H,6-14H2. The van der Waals surface area contributed by atoms with E-state index in [0.29, 0.717) is 24.8 Å². The van der Waals surface area contributed by atoms with E-state index in [0.717, 1.165) is 38.5 Å². The number of aryl methyl sites for hydroxylation is 1. The molecule has 2 aromatic rings. The fourth-order valence-corrected chi connectivity index (χ4v) is 3.23. The van der Waals surface area contributed by atoms with Gasteiger partial charge >= 0.3 is 0 Å². The number of carbonyl (C=O) groups excluding carboxylic acids is 1. The van der Waals surface area contributed by atoms with Crippen LogP contribution in [0.15, 0.2) is 34.7 Å². The minimum Gasteiger partial charge on any atom is -0.424 e. The molecule has 1 aliphatic carbocycles. The van der Waals surface area contributed by atoms with Gasteiger partial charge in [-0.25, -0.2) is 0 Å². The van der Waals surface area contributed by atoms with Gasteiger partial charge in [-0.2, -0.15) is 0 Å². The van der Waals surface area contributed by atoms with Crippen LogP contribution >= 0.6 is 0 Å². The molecule has 6 nitrogen and oxygen atoms in total. The first-order chi connectivity index (χ1) is 12.3. The van der Waals surface area contributed by atoms with Crippen molar-refractivity contribution in [2.24, 2.45) is 0 Å². The lowest BCUT2D eigenvalue weighted by molar-refractivity contribution is -0.133. The van der Waals surface area contributed by atoms with Crippen LogP contribution in [0.4, 0.5) is 0 Å². The molecule has 0 atom stereocenters. The van der Waals surface area contributed by atoms with E-state index in [1.54, 1.807) is 0 Å². The number of amides is 1. The molecule has 132 valence electrons. The fourth-order valence-electron chi connectivity index (χ4n) is 3.23. The topological polar surface area (TPSA) is 62.5 Å². The van der Waals surface area contributed by atoms with E-state index in [-0.39, 0.29) is 5.91 Å². The summed E-state index contributed by atoms with van der Waals surface area (Å²) in [5, 5.41) is 8.28. The lowest BCUT2D eigenvalue weighted by atomic mass is 10.1. The Kier molecular flexibility index (Phi) is 4.78. The Hall–Kier alpha value is -2.21. The van der Waals surface area contributed by atoms with Crippen LogP contribution < -0.4 is 0 Å². The second-order valence-electron chi connectivity index (χ2n) is 6.95. The van der Waals surface area contributed by atoms with Crippen molar-refractivity contribution in [1.82, 2.24) is 20.0 Å². The number of nitrogens with zero attached hydrogens (tertiary/aromatic N) is 4. The van der Waals surface area contributed by atoms with Gasteiger partial charge in [-0.1, -0.05) is 30.3 Å². The summed E-state index contributed by atoms with van der Waals surface area (Å²) in [5.74, 6) is 2.24. The molecule has 4 rings (SSSR count). The number of aromatic nitrogens is 2. The Balaban J connectivity index is 1.21. The molecule has 1 aromatic heterocycles. The lowest BCUT2D eigenvalue weighted by Gasteiger charge is -2.34. The summed E-state index contributed by atoms with van der Waals surface area (Å²) in [6.45, 7) is 3.96. The first-order valence-electron chi connectivity index (χ1n) is 9.14. The van der Waals surface area contributed by atoms with Crippen molar-refractivity contribution in [3.05, 3.63) is 47.7 Å². The second-order valence-corrected chi connectivity index (χ2v) is 6.95. The molecule has 2 heterocycles. The quantitative estimate of drug-likeness (QED) is 0.807. The van der Waals surface area contributed by atoms with E-state index < -0.39 is 0 Å². The fraction of sp³-hybridized carbons (Fsp3) is 0.526. The maximum Gasteiger partial charge on any atom is 0.230 e. The Labute approximate surface area is 147 Å². The molecule has 2 aliphatic rings. The monoisotopic (exact) mass is 340 g/mol. The zero-order chi connectivity index (χ0) is 17.1. The summed E-state index contributed by atoms with van der Waals surface area (Å²) in [5.41, 5.74) is 1.22. The van der Waals surface area contributed by atoms with Crippen LogP contribution in [0.1, 0.15) is 42.5 Å². The van der Waals surface area contributed by atoms with Crippen LogP contribution in [-0.2, 0) is 17.8 Å². The predicted octanol–water partition coefficient (Wildman–Crippen LogP) is 2.22. The van der Waals surface area contributed by atoms with Crippen LogP contribution in [0.3, 0.4) is 0 Å². The number of rotatable bonds is 6. The van der Waals surface area contributed by atoms with Crippen molar-refractivity contribution < 1.29 is 9.21 Å². The number of hydrogen-bond acceptors (Lipinski definition) is 5. The third-order valence-corrected chi connectivity index (χ3v) is 4.96. The van der Waals surface area contributed by atoms with Crippen molar-refractivity contribution in [3.8, 4) is 0 Å². The summed E-state index contributed by atoms with van der Waals surface area (Å²) in [7, 11) is 0. The maximum atomic E-state index is 12.4. The molecule has 6 heteroatoms. The smallest absolute Gasteiger partial charge is 0.230 e. The van der Waals surface area contributed by atoms with Gasteiger partial charge in [0.1, 0.15) is 0 Å². The molecule has 0 unspecified atom stereocenters. The first-order valence-corrected chi connectivity index (χ1v) is 9.14. The molecule has 1 aliphatic heterocycles. The normalized spacial score (nSPS) is 18.5. The minimum atomic E-state index is 0.248. The molecule has 0 N–H and O–H groups in total. The van der Waals surface area contributed by atoms with Gasteiger partial charge in [-0.3, -0.25) is 9.69 Å². The highest BCUT2D eigenvalue weighted by Crippen LogP contribution is 2.39. The van der Waals surface area contributed by atoms with Gasteiger partial charge in [0.05, 0.1) is 6.54 Å². The minimum absolute atomic E-state index is 0.248. The average molecular weight is 340 g/mol. The molecule has 2 fully saturated rings. The van der Waals surface area contributed by atoms with Crippen molar-refractivity contribution >= 4 is 5.91 Å². The largest absolute Gasteiger partial charge is 0.424 e. The highest BCUT2D eigenvalue weighted by molar-refractivity contribution is 5.76. The van der Waals surface area contributed by atoms with Gasteiger partial charge in [-0.15, -0.1) is 10.2 Å². The Bertz CT molecular complexity index is 703. The van der Waals surface area contributed by atoms with Gasteiger partial charge in [0.15, 0.2) is 0 Å². The Morgan fingerprint density at radius 3 is 2.56 bits per heavy atom. The van der Waals surface area contributed by atoms with Crippen molar-refractivity contribution in [1.29, 1.82) is 0 Å². The van der Waals surface area contributed by atoms with Crippen LogP contribution in [0, 0.1) is 0 Å². The molecule has 0 spiro atoms. The van der Waals surface area contributed by atoms with Crippen molar-refractivity contribution in [3.63, 3.8) is 0 Å². The van der Waals surface area contributed by atoms with E-state index in [9.17, 15) is 4.79 Å². The first kappa shape index (κ1) is 16.3. The molecule has 1 aromatic carbocycles. The molecule has 1 saturated carbocycles. The zero-order valence-electron chi connectivity index (χ0n) is 14.4. The van der Waals surface area contributed by atoms with E-state index in [4.69, 9.17) is 4.42 Å². The molecule has 0 radical (unpaired) electrons. The summed E-state index contributed by atoms with van der Waals surface area (Å²) in [6.07, 6.45) is 3.74. The average Bonchev–Trinajstić information content (AvgIpc) is 3.41. The maximum absolute atomic E-state index is 12.4. The van der Waals surface area contributed by atoms with Gasteiger partial charge in [0.25, 0.3) is 0 Å². The Morgan fingerprint density at radius 1 is 1.08 bits per heavy atom. The lowest BCUT2D eigenvalue weighted by Crippen LogP contribution is -2.48. The van der Waals surface area contributed by atoms with Gasteiger partial charge in [0.2, 0.25) is 17.7 Å². The molecular formula is C19H24N4O2. The van der Waals surface area contributed by atoms with Crippen LogP contribution in [0.2, 0.25) is 0 Å². The van der Waals surface area contributed by atoms with Crippen LogP contribution in [-0.4, -0.2) is 52.1 Å². The van der Waals surface area contributed by atoms with Gasteiger partial charge in [0, 0.05) is 38.5 Å². The van der Waals surface area contributed by atoms with Crippen molar-refractivity contribution in [2.45, 2.75) is 38.1 Å². The number of benzene rings is 1. The van der Waals surface area contributed by atoms with Gasteiger partial charge < -0.3 is 9.32 Å². The predicted molar refractivity (Wildman–Crippen MR) is 92.9 cm³/mol. The Morgan fingerprint density at radius 2 is 1.84 bits per heavy atom. The number of piperazine rings is 1. The van der Waals surface area contributed by atoms with Crippen molar-refractivity contribution in [2.75, 3.05) is 26.2 Å². The number of hydrogen-bond donors (Lipinski definition) is 0. The number of carbonyl (C=O) groups is 1. The summed E-state index contributed by atoms with van der Waals surface area (Å²) in [4.78, 5) is 16.6.